The topological polar surface area (TPSA) is 33.4 Å². The number of para-hydroxylation sites is 3. The van der Waals surface area contributed by atoms with Gasteiger partial charge < -0.3 is 4.90 Å². The molecule has 0 unspecified atom stereocenters. The summed E-state index contributed by atoms with van der Waals surface area (Å²) in [6.07, 6.45) is 0.962. The Kier molecular flexibility index (Phi) is 4.80. The van der Waals surface area contributed by atoms with Crippen LogP contribution in [0, 0.1) is 0 Å². The van der Waals surface area contributed by atoms with Gasteiger partial charge in [0.05, 0.1) is 17.7 Å². The van der Waals surface area contributed by atoms with Crippen molar-refractivity contribution in [2.24, 2.45) is 0 Å². The van der Waals surface area contributed by atoms with Gasteiger partial charge in [-0.1, -0.05) is 37.3 Å². The molecule has 4 rings (SSSR count). The van der Waals surface area contributed by atoms with Crippen molar-refractivity contribution in [1.29, 1.82) is 0 Å². The molecule has 5 heteroatoms. The summed E-state index contributed by atoms with van der Waals surface area (Å²) in [5.74, 6) is 0. The van der Waals surface area contributed by atoms with Gasteiger partial charge in [0.1, 0.15) is 0 Å². The number of nitrogens with zero attached hydrogens (tertiary/aromatic N) is 4. The SMILES string of the molecule is CCCn1c(=O)n(CN2CCN(c3ccccc3)CC2)c2ccccc21. The van der Waals surface area contributed by atoms with Crippen LogP contribution >= 0.6 is 0 Å². The third kappa shape index (κ3) is 3.15. The van der Waals surface area contributed by atoms with Crippen molar-refractivity contribution < 1.29 is 0 Å². The van der Waals surface area contributed by atoms with E-state index in [0.29, 0.717) is 6.67 Å². The first-order valence-corrected chi connectivity index (χ1v) is 9.48. The zero-order valence-corrected chi connectivity index (χ0v) is 15.3. The van der Waals surface area contributed by atoms with Gasteiger partial charge in [0, 0.05) is 38.4 Å². The van der Waals surface area contributed by atoms with Crippen LogP contribution in [0.5, 0.6) is 0 Å². The van der Waals surface area contributed by atoms with Gasteiger partial charge in [-0.05, 0) is 30.7 Å². The Hall–Kier alpha value is -2.53. The first kappa shape index (κ1) is 16.9. The fourth-order valence-electron chi connectivity index (χ4n) is 3.84. The molecule has 26 heavy (non-hydrogen) atoms. The quantitative estimate of drug-likeness (QED) is 0.709. The van der Waals surface area contributed by atoms with Crippen LogP contribution in [0.15, 0.2) is 59.4 Å². The molecule has 1 aromatic heterocycles. The summed E-state index contributed by atoms with van der Waals surface area (Å²) < 4.78 is 3.85. The van der Waals surface area contributed by atoms with E-state index in [0.717, 1.165) is 50.2 Å². The minimum atomic E-state index is 0.110. The minimum Gasteiger partial charge on any atom is -0.369 e. The Morgan fingerprint density at radius 2 is 1.42 bits per heavy atom. The normalized spacial score (nSPS) is 15.7. The second kappa shape index (κ2) is 7.38. The maximum atomic E-state index is 12.9. The molecule has 0 amide bonds. The molecule has 1 aliphatic heterocycles. The van der Waals surface area contributed by atoms with Crippen LogP contribution < -0.4 is 10.6 Å². The van der Waals surface area contributed by atoms with Crippen molar-refractivity contribution in [3.05, 3.63) is 65.1 Å². The molecule has 1 fully saturated rings. The van der Waals surface area contributed by atoms with E-state index in [1.165, 1.54) is 5.69 Å². The van der Waals surface area contributed by atoms with E-state index >= 15 is 0 Å². The van der Waals surface area contributed by atoms with Gasteiger partial charge in [-0.2, -0.15) is 0 Å². The number of imidazole rings is 1. The summed E-state index contributed by atoms with van der Waals surface area (Å²) >= 11 is 0. The molecule has 1 aliphatic rings. The fourth-order valence-corrected chi connectivity index (χ4v) is 3.84. The number of fused-ring (bicyclic) bond motifs is 1. The van der Waals surface area contributed by atoms with Gasteiger partial charge in [-0.25, -0.2) is 4.79 Å². The monoisotopic (exact) mass is 350 g/mol. The van der Waals surface area contributed by atoms with Crippen LogP contribution in [0.4, 0.5) is 5.69 Å². The summed E-state index contributed by atoms with van der Waals surface area (Å²) in [5, 5.41) is 0. The second-order valence-corrected chi connectivity index (χ2v) is 6.93. The molecule has 0 atom stereocenters. The zero-order valence-electron chi connectivity index (χ0n) is 15.3. The highest BCUT2D eigenvalue weighted by molar-refractivity contribution is 5.75. The zero-order chi connectivity index (χ0) is 17.9. The summed E-state index contributed by atoms with van der Waals surface area (Å²) in [5.41, 5.74) is 3.47. The van der Waals surface area contributed by atoms with Crippen molar-refractivity contribution in [3.63, 3.8) is 0 Å². The highest BCUT2D eigenvalue weighted by Gasteiger charge is 2.20. The van der Waals surface area contributed by atoms with Crippen molar-refractivity contribution in [2.75, 3.05) is 31.1 Å². The standard InChI is InChI=1S/C21H26N4O/c1-2-12-24-19-10-6-7-11-20(19)25(21(24)26)17-22-13-15-23(16-14-22)18-8-4-3-5-9-18/h3-11H,2,12-17H2,1H3. The molecule has 0 radical (unpaired) electrons. The van der Waals surface area contributed by atoms with E-state index in [1.54, 1.807) is 0 Å². The Balaban J connectivity index is 1.52. The van der Waals surface area contributed by atoms with Crippen LogP contribution in [0.3, 0.4) is 0 Å². The van der Waals surface area contributed by atoms with E-state index in [1.807, 2.05) is 21.3 Å². The van der Waals surface area contributed by atoms with Crippen molar-refractivity contribution in [2.45, 2.75) is 26.6 Å². The lowest BCUT2D eigenvalue weighted by Crippen LogP contribution is -2.47. The Morgan fingerprint density at radius 3 is 2.08 bits per heavy atom. The Labute approximate surface area is 154 Å². The number of benzene rings is 2. The third-order valence-electron chi connectivity index (χ3n) is 5.21. The van der Waals surface area contributed by atoms with Gasteiger partial charge in [-0.15, -0.1) is 0 Å². The average Bonchev–Trinajstić information content (AvgIpc) is 2.96. The summed E-state index contributed by atoms with van der Waals surface area (Å²) in [6.45, 7) is 7.47. The number of aryl methyl sites for hydroxylation is 1. The lowest BCUT2D eigenvalue weighted by Gasteiger charge is -2.36. The summed E-state index contributed by atoms with van der Waals surface area (Å²) in [4.78, 5) is 17.7. The molecule has 0 N–H and O–H groups in total. The molecule has 2 aromatic carbocycles. The van der Waals surface area contributed by atoms with Crippen LogP contribution in [0.1, 0.15) is 13.3 Å². The van der Waals surface area contributed by atoms with Crippen LogP contribution in [0.2, 0.25) is 0 Å². The second-order valence-electron chi connectivity index (χ2n) is 6.93. The summed E-state index contributed by atoms with van der Waals surface area (Å²) in [7, 11) is 0. The maximum Gasteiger partial charge on any atom is 0.330 e. The Bertz CT molecular complexity index is 920. The van der Waals surface area contributed by atoms with E-state index < -0.39 is 0 Å². The number of aromatic nitrogens is 2. The predicted molar refractivity (Wildman–Crippen MR) is 107 cm³/mol. The van der Waals surface area contributed by atoms with E-state index in [4.69, 9.17) is 0 Å². The summed E-state index contributed by atoms with van der Waals surface area (Å²) in [6, 6.07) is 18.7. The van der Waals surface area contributed by atoms with Gasteiger partial charge in [0.15, 0.2) is 0 Å². The lowest BCUT2D eigenvalue weighted by molar-refractivity contribution is 0.205. The highest BCUT2D eigenvalue weighted by atomic mass is 16.1. The highest BCUT2D eigenvalue weighted by Crippen LogP contribution is 2.17. The van der Waals surface area contributed by atoms with Crippen molar-refractivity contribution in [1.82, 2.24) is 14.0 Å². The molecule has 1 saturated heterocycles. The van der Waals surface area contributed by atoms with Crippen molar-refractivity contribution in [3.8, 4) is 0 Å². The van der Waals surface area contributed by atoms with Crippen LogP contribution in [-0.2, 0) is 13.2 Å². The molecular weight excluding hydrogens is 324 g/mol. The van der Waals surface area contributed by atoms with Crippen LogP contribution in [-0.4, -0.2) is 40.2 Å². The molecular formula is C21H26N4O. The van der Waals surface area contributed by atoms with Crippen molar-refractivity contribution >= 4 is 16.7 Å². The van der Waals surface area contributed by atoms with Gasteiger partial charge in [0.25, 0.3) is 0 Å². The molecule has 0 spiro atoms. The van der Waals surface area contributed by atoms with E-state index in [-0.39, 0.29) is 5.69 Å². The fraction of sp³-hybridized carbons (Fsp3) is 0.381. The lowest BCUT2D eigenvalue weighted by atomic mass is 10.2. The number of anilines is 1. The molecule has 0 bridgehead atoms. The van der Waals surface area contributed by atoms with E-state index in [9.17, 15) is 4.79 Å². The molecule has 136 valence electrons. The average molecular weight is 350 g/mol. The smallest absolute Gasteiger partial charge is 0.330 e. The van der Waals surface area contributed by atoms with Gasteiger partial charge in [0.2, 0.25) is 0 Å². The molecule has 0 aliphatic carbocycles. The molecule has 5 nitrogen and oxygen atoms in total. The number of rotatable bonds is 5. The molecule has 0 saturated carbocycles. The predicted octanol–water partition coefficient (Wildman–Crippen LogP) is 2.99. The maximum absolute atomic E-state index is 12.9. The first-order chi connectivity index (χ1) is 12.8. The Morgan fingerprint density at radius 1 is 0.808 bits per heavy atom. The third-order valence-corrected chi connectivity index (χ3v) is 5.21. The van der Waals surface area contributed by atoms with Gasteiger partial charge >= 0.3 is 5.69 Å². The minimum absolute atomic E-state index is 0.110. The van der Waals surface area contributed by atoms with E-state index in [2.05, 4.69) is 59.2 Å². The number of hydrogen-bond donors (Lipinski definition) is 0. The van der Waals surface area contributed by atoms with Gasteiger partial charge in [-0.3, -0.25) is 14.0 Å². The van der Waals surface area contributed by atoms with Crippen LogP contribution in [0.25, 0.3) is 11.0 Å². The number of piperazine rings is 1. The largest absolute Gasteiger partial charge is 0.369 e. The number of hydrogen-bond acceptors (Lipinski definition) is 3. The first-order valence-electron chi connectivity index (χ1n) is 9.48. The molecule has 2 heterocycles. The molecule has 3 aromatic rings.